The van der Waals surface area contributed by atoms with Crippen molar-refractivity contribution in [1.82, 2.24) is 0 Å². The first-order valence-electron chi connectivity index (χ1n) is 4.62. The Labute approximate surface area is 69.1 Å². The lowest BCUT2D eigenvalue weighted by Gasteiger charge is -2.04. The van der Waals surface area contributed by atoms with Crippen molar-refractivity contribution < 1.29 is 4.74 Å². The Hall–Kier alpha value is -0.0800. The van der Waals surface area contributed by atoms with Gasteiger partial charge < -0.3 is 10.5 Å². The van der Waals surface area contributed by atoms with E-state index >= 15 is 0 Å². The van der Waals surface area contributed by atoms with Crippen LogP contribution in [0.1, 0.15) is 32.6 Å². The molecule has 0 bridgehead atoms. The molecule has 1 fully saturated rings. The second-order valence-electron chi connectivity index (χ2n) is 3.64. The van der Waals surface area contributed by atoms with Gasteiger partial charge in [0.1, 0.15) is 0 Å². The van der Waals surface area contributed by atoms with Crippen LogP contribution in [0.15, 0.2) is 0 Å². The largest absolute Gasteiger partial charge is 0.381 e. The third kappa shape index (κ3) is 5.22. The molecule has 0 aromatic rings. The molecule has 11 heavy (non-hydrogen) atoms. The van der Waals surface area contributed by atoms with Gasteiger partial charge in [0.05, 0.1) is 0 Å². The zero-order chi connectivity index (χ0) is 8.10. The highest BCUT2D eigenvalue weighted by Crippen LogP contribution is 2.28. The van der Waals surface area contributed by atoms with Crippen LogP contribution in [0.2, 0.25) is 0 Å². The van der Waals surface area contributed by atoms with Crippen LogP contribution in [-0.4, -0.2) is 19.3 Å². The van der Waals surface area contributed by atoms with Crippen LogP contribution in [0.5, 0.6) is 0 Å². The van der Waals surface area contributed by atoms with Gasteiger partial charge in [-0.1, -0.05) is 0 Å². The van der Waals surface area contributed by atoms with E-state index < -0.39 is 0 Å². The number of hydrogen-bond acceptors (Lipinski definition) is 2. The van der Waals surface area contributed by atoms with E-state index in [-0.39, 0.29) is 0 Å². The van der Waals surface area contributed by atoms with Crippen LogP contribution in [0.4, 0.5) is 0 Å². The van der Waals surface area contributed by atoms with Crippen LogP contribution >= 0.6 is 0 Å². The summed E-state index contributed by atoms with van der Waals surface area (Å²) in [6.45, 7) is 3.93. The number of nitrogens with two attached hydrogens (primary N) is 1. The van der Waals surface area contributed by atoms with Gasteiger partial charge in [-0.3, -0.25) is 0 Å². The van der Waals surface area contributed by atoms with Gasteiger partial charge in [-0.25, -0.2) is 0 Å². The smallest absolute Gasteiger partial charge is 0.0494 e. The summed E-state index contributed by atoms with van der Waals surface area (Å²) in [7, 11) is 0. The maximum absolute atomic E-state index is 5.59. The molecule has 0 saturated heterocycles. The summed E-state index contributed by atoms with van der Waals surface area (Å²) in [5, 5.41) is 0. The molecule has 0 aromatic heterocycles. The summed E-state index contributed by atoms with van der Waals surface area (Å²) in [6, 6.07) is 0.333. The number of hydrogen-bond donors (Lipinski definition) is 1. The van der Waals surface area contributed by atoms with Crippen LogP contribution in [-0.2, 0) is 4.74 Å². The van der Waals surface area contributed by atoms with Crippen LogP contribution < -0.4 is 5.73 Å². The summed E-state index contributed by atoms with van der Waals surface area (Å²) in [6.07, 6.45) is 4.97. The highest BCUT2D eigenvalue weighted by molar-refractivity contribution is 4.71. The lowest BCUT2D eigenvalue weighted by atomic mass is 10.2. The van der Waals surface area contributed by atoms with E-state index in [4.69, 9.17) is 10.5 Å². The molecule has 2 N–H and O–H groups in total. The van der Waals surface area contributed by atoms with Crippen LogP contribution in [0, 0.1) is 5.92 Å². The molecule has 0 amide bonds. The van der Waals surface area contributed by atoms with Gasteiger partial charge in [-0.05, 0) is 38.5 Å². The Morgan fingerprint density at radius 3 is 2.82 bits per heavy atom. The van der Waals surface area contributed by atoms with Crippen molar-refractivity contribution in [3.8, 4) is 0 Å². The van der Waals surface area contributed by atoms with Gasteiger partial charge in [0, 0.05) is 19.3 Å². The molecule has 1 saturated carbocycles. The SMILES string of the molecule is CC(N)CCCOCC1CC1. The van der Waals surface area contributed by atoms with Gasteiger partial charge in [0.2, 0.25) is 0 Å². The minimum atomic E-state index is 0.333. The molecule has 0 aliphatic heterocycles. The summed E-state index contributed by atoms with van der Waals surface area (Å²) in [4.78, 5) is 0. The molecule has 2 heteroatoms. The lowest BCUT2D eigenvalue weighted by Crippen LogP contribution is -2.15. The molecular formula is C9H19NO. The van der Waals surface area contributed by atoms with Crippen molar-refractivity contribution in [2.24, 2.45) is 11.7 Å². The van der Waals surface area contributed by atoms with E-state index in [9.17, 15) is 0 Å². The van der Waals surface area contributed by atoms with E-state index in [1.54, 1.807) is 0 Å². The Kier molecular flexibility index (Phi) is 3.87. The van der Waals surface area contributed by atoms with Gasteiger partial charge >= 0.3 is 0 Å². The van der Waals surface area contributed by atoms with Crippen molar-refractivity contribution in [3.05, 3.63) is 0 Å². The average Bonchev–Trinajstić information content (AvgIpc) is 2.70. The second-order valence-corrected chi connectivity index (χ2v) is 3.64. The molecule has 1 aliphatic carbocycles. The fourth-order valence-corrected chi connectivity index (χ4v) is 1.04. The quantitative estimate of drug-likeness (QED) is 0.594. The molecule has 0 radical (unpaired) electrons. The molecular weight excluding hydrogens is 138 g/mol. The Balaban J connectivity index is 1.73. The Bertz CT molecular complexity index is 95.7. The van der Waals surface area contributed by atoms with Gasteiger partial charge in [0.15, 0.2) is 0 Å². The van der Waals surface area contributed by atoms with Gasteiger partial charge in [0.25, 0.3) is 0 Å². The van der Waals surface area contributed by atoms with E-state index in [2.05, 4.69) is 0 Å². The summed E-state index contributed by atoms with van der Waals surface area (Å²) >= 11 is 0. The molecule has 1 aliphatic rings. The fraction of sp³-hybridized carbons (Fsp3) is 1.00. The first-order valence-corrected chi connectivity index (χ1v) is 4.62. The third-order valence-electron chi connectivity index (χ3n) is 2.00. The third-order valence-corrected chi connectivity index (χ3v) is 2.00. The summed E-state index contributed by atoms with van der Waals surface area (Å²) in [5.74, 6) is 0.894. The van der Waals surface area contributed by atoms with Crippen LogP contribution in [0.25, 0.3) is 0 Å². The van der Waals surface area contributed by atoms with E-state index in [1.165, 1.54) is 12.8 Å². The van der Waals surface area contributed by atoms with Crippen molar-refractivity contribution in [1.29, 1.82) is 0 Å². The number of rotatable bonds is 6. The zero-order valence-corrected chi connectivity index (χ0v) is 7.38. The Morgan fingerprint density at radius 2 is 2.27 bits per heavy atom. The van der Waals surface area contributed by atoms with Crippen LogP contribution in [0.3, 0.4) is 0 Å². The molecule has 0 heterocycles. The maximum atomic E-state index is 5.59. The standard InChI is InChI=1S/C9H19NO/c1-8(10)3-2-6-11-7-9-4-5-9/h8-9H,2-7,10H2,1H3. The molecule has 1 atom stereocenters. The first-order chi connectivity index (χ1) is 5.29. The van der Waals surface area contributed by atoms with Crippen molar-refractivity contribution >= 4 is 0 Å². The predicted molar refractivity (Wildman–Crippen MR) is 46.4 cm³/mol. The highest BCUT2D eigenvalue weighted by Gasteiger charge is 2.20. The highest BCUT2D eigenvalue weighted by atomic mass is 16.5. The van der Waals surface area contributed by atoms with Crippen molar-refractivity contribution in [2.75, 3.05) is 13.2 Å². The van der Waals surface area contributed by atoms with Crippen molar-refractivity contribution in [3.63, 3.8) is 0 Å². The van der Waals surface area contributed by atoms with E-state index in [0.717, 1.165) is 32.0 Å². The molecule has 0 aromatic carbocycles. The topological polar surface area (TPSA) is 35.2 Å². The normalized spacial score (nSPS) is 20.2. The van der Waals surface area contributed by atoms with E-state index in [1.807, 2.05) is 6.92 Å². The zero-order valence-electron chi connectivity index (χ0n) is 7.38. The number of ether oxygens (including phenoxy) is 1. The summed E-state index contributed by atoms with van der Waals surface area (Å²) < 4.78 is 5.45. The molecule has 1 rings (SSSR count). The van der Waals surface area contributed by atoms with Gasteiger partial charge in [-0.2, -0.15) is 0 Å². The first kappa shape index (κ1) is 9.01. The average molecular weight is 157 g/mol. The predicted octanol–water partition coefficient (Wildman–Crippen LogP) is 1.54. The fourth-order valence-electron chi connectivity index (χ4n) is 1.04. The molecule has 0 spiro atoms. The van der Waals surface area contributed by atoms with Gasteiger partial charge in [-0.15, -0.1) is 0 Å². The molecule has 2 nitrogen and oxygen atoms in total. The Morgan fingerprint density at radius 1 is 1.55 bits per heavy atom. The molecule has 66 valence electrons. The monoisotopic (exact) mass is 157 g/mol. The molecule has 1 unspecified atom stereocenters. The minimum absolute atomic E-state index is 0.333. The minimum Gasteiger partial charge on any atom is -0.381 e. The van der Waals surface area contributed by atoms with Crippen molar-refractivity contribution in [2.45, 2.75) is 38.6 Å². The van der Waals surface area contributed by atoms with E-state index in [0.29, 0.717) is 6.04 Å². The second kappa shape index (κ2) is 4.73. The maximum Gasteiger partial charge on any atom is 0.0494 e. The summed E-state index contributed by atoms with van der Waals surface area (Å²) in [5.41, 5.74) is 5.59. The lowest BCUT2D eigenvalue weighted by molar-refractivity contribution is 0.120.